The highest BCUT2D eigenvalue weighted by molar-refractivity contribution is 5.39. The van der Waals surface area contributed by atoms with Crippen LogP contribution in [-0.2, 0) is 20.6 Å². The van der Waals surface area contributed by atoms with Crippen LogP contribution in [0.15, 0.2) is 18.2 Å². The molecule has 2 N–H and O–H groups in total. The summed E-state index contributed by atoms with van der Waals surface area (Å²) in [6.07, 6.45) is 2.15. The highest BCUT2D eigenvalue weighted by atomic mass is 16.7. The maximum Gasteiger partial charge on any atom is 0.146 e. The van der Waals surface area contributed by atoms with Crippen molar-refractivity contribution in [2.75, 3.05) is 28.1 Å². The molecule has 1 unspecified atom stereocenters. The highest BCUT2D eigenvalue weighted by Gasteiger charge is 2.31. The second-order valence-electron chi connectivity index (χ2n) is 4.45. The molecule has 4 heteroatoms. The van der Waals surface area contributed by atoms with Gasteiger partial charge in [0.05, 0.1) is 6.10 Å². The Labute approximate surface area is 129 Å². The van der Waals surface area contributed by atoms with Gasteiger partial charge in [-0.15, -0.1) is 0 Å². The van der Waals surface area contributed by atoms with Crippen molar-refractivity contribution in [1.29, 1.82) is 0 Å². The third-order valence-corrected chi connectivity index (χ3v) is 3.39. The van der Waals surface area contributed by atoms with Gasteiger partial charge in [0.15, 0.2) is 0 Å². The van der Waals surface area contributed by atoms with Crippen LogP contribution in [0.4, 0.5) is 0 Å². The zero-order valence-corrected chi connectivity index (χ0v) is 14.3. The van der Waals surface area contributed by atoms with Crippen LogP contribution in [-0.4, -0.2) is 34.2 Å². The van der Waals surface area contributed by atoms with E-state index in [1.54, 1.807) is 14.2 Å². The number of fused-ring (bicyclic) bond motifs is 1. The summed E-state index contributed by atoms with van der Waals surface area (Å²) < 4.78 is 16.3. The third-order valence-electron chi connectivity index (χ3n) is 3.39. The lowest BCUT2D eigenvalue weighted by molar-refractivity contribution is -0.127. The normalized spacial score (nSPS) is 19.6. The lowest BCUT2D eigenvalue weighted by atomic mass is 9.84. The van der Waals surface area contributed by atoms with E-state index < -0.39 is 0 Å². The van der Waals surface area contributed by atoms with Crippen LogP contribution >= 0.6 is 0 Å². The first-order chi connectivity index (χ1) is 10.3. The Morgan fingerprint density at radius 2 is 1.86 bits per heavy atom. The van der Waals surface area contributed by atoms with Gasteiger partial charge in [-0.3, -0.25) is 0 Å². The van der Waals surface area contributed by atoms with Crippen molar-refractivity contribution in [3.63, 3.8) is 0 Å². The molecule has 1 aromatic rings. The molecule has 0 aliphatic heterocycles. The largest absolute Gasteiger partial charge is 0.374 e. The molecule has 1 aliphatic carbocycles. The number of hydrogen-bond donors (Lipinski definition) is 1. The van der Waals surface area contributed by atoms with Gasteiger partial charge in [-0.2, -0.15) is 0 Å². The van der Waals surface area contributed by atoms with Gasteiger partial charge >= 0.3 is 0 Å². The summed E-state index contributed by atoms with van der Waals surface area (Å²) in [6, 6.07) is 6.42. The number of methoxy groups -OCH3 is 2. The summed E-state index contributed by atoms with van der Waals surface area (Å²) in [5.74, 6) is 0. The molecule has 0 amide bonds. The molecule has 0 fully saturated rings. The molecular formula is C17H31NO3. The van der Waals surface area contributed by atoms with E-state index in [-0.39, 0.29) is 12.2 Å². The Morgan fingerprint density at radius 1 is 1.19 bits per heavy atom. The minimum atomic E-state index is 0.0232. The van der Waals surface area contributed by atoms with E-state index in [0.29, 0.717) is 6.79 Å². The number of nitrogens with two attached hydrogens (primary N) is 1. The van der Waals surface area contributed by atoms with Crippen LogP contribution in [0, 0.1) is 6.92 Å². The number of benzene rings is 1. The summed E-state index contributed by atoms with van der Waals surface area (Å²) in [5, 5.41) is 0. The molecule has 122 valence electrons. The molecule has 0 heterocycles. The van der Waals surface area contributed by atoms with Crippen molar-refractivity contribution >= 4 is 0 Å². The Hall–Kier alpha value is -0.940. The van der Waals surface area contributed by atoms with Gasteiger partial charge in [0.2, 0.25) is 0 Å². The molecule has 0 aromatic heterocycles. The van der Waals surface area contributed by atoms with Gasteiger partial charge in [0.25, 0.3) is 0 Å². The van der Waals surface area contributed by atoms with Crippen LogP contribution in [0.1, 0.15) is 43.1 Å². The van der Waals surface area contributed by atoms with E-state index in [1.807, 2.05) is 13.8 Å². The summed E-state index contributed by atoms with van der Waals surface area (Å²) in [5.41, 5.74) is 8.46. The quantitative estimate of drug-likeness (QED) is 0.867. The Balaban J connectivity index is 0.000000921. The number of ether oxygens (including phenoxy) is 3. The van der Waals surface area contributed by atoms with Crippen molar-refractivity contribution < 1.29 is 14.2 Å². The average Bonchev–Trinajstić information content (AvgIpc) is 2.56. The fraction of sp³-hybridized carbons (Fsp3) is 0.647. The lowest BCUT2D eigenvalue weighted by Gasteiger charge is -2.33. The molecule has 0 saturated heterocycles. The Kier molecular flexibility index (Phi) is 11.2. The van der Waals surface area contributed by atoms with Crippen LogP contribution in [0.5, 0.6) is 0 Å². The summed E-state index contributed by atoms with van der Waals surface area (Å²) >= 11 is 0. The minimum Gasteiger partial charge on any atom is -0.374 e. The monoisotopic (exact) mass is 297 g/mol. The van der Waals surface area contributed by atoms with E-state index in [2.05, 4.69) is 30.9 Å². The van der Waals surface area contributed by atoms with E-state index in [1.165, 1.54) is 23.7 Å². The maximum absolute atomic E-state index is 5.70. The third kappa shape index (κ3) is 5.40. The van der Waals surface area contributed by atoms with E-state index in [0.717, 1.165) is 12.8 Å². The topological polar surface area (TPSA) is 53.7 Å². The second kappa shape index (κ2) is 11.7. The molecule has 0 bridgehead atoms. The van der Waals surface area contributed by atoms with Crippen molar-refractivity contribution in [2.45, 2.75) is 45.8 Å². The molecule has 1 aliphatic rings. The van der Waals surface area contributed by atoms with Gasteiger partial charge < -0.3 is 19.9 Å². The summed E-state index contributed by atoms with van der Waals surface area (Å²) in [7, 11) is 4.89. The SMILES string of the molecule is CC.CN.COCO[C@H]1CCc2cccc(C)c2C1OC. The van der Waals surface area contributed by atoms with Crippen LogP contribution < -0.4 is 5.73 Å². The van der Waals surface area contributed by atoms with Gasteiger partial charge in [0, 0.05) is 14.2 Å². The van der Waals surface area contributed by atoms with Gasteiger partial charge in [-0.1, -0.05) is 32.0 Å². The zero-order chi connectivity index (χ0) is 16.3. The second-order valence-corrected chi connectivity index (χ2v) is 4.45. The smallest absolute Gasteiger partial charge is 0.146 e. The van der Waals surface area contributed by atoms with E-state index in [9.17, 15) is 0 Å². The standard InChI is InChI=1S/C14H20O3.C2H6.CH5N/c1-10-5-4-6-11-7-8-12(17-9-15-2)14(16-3)13(10)11;2*1-2/h4-6,12,14H,7-9H2,1-3H3;1-2H3;2H2,1H3/t12-,14?;;/m0../s1. The number of rotatable bonds is 4. The Bertz CT molecular complexity index is 382. The molecule has 4 nitrogen and oxygen atoms in total. The van der Waals surface area contributed by atoms with Crippen molar-refractivity contribution in [2.24, 2.45) is 5.73 Å². The predicted molar refractivity (Wildman–Crippen MR) is 87.5 cm³/mol. The van der Waals surface area contributed by atoms with Gasteiger partial charge in [-0.25, -0.2) is 0 Å². The van der Waals surface area contributed by atoms with Crippen molar-refractivity contribution in [1.82, 2.24) is 0 Å². The number of hydrogen-bond acceptors (Lipinski definition) is 4. The molecular weight excluding hydrogens is 266 g/mol. The molecule has 0 saturated carbocycles. The lowest BCUT2D eigenvalue weighted by Crippen LogP contribution is -2.30. The van der Waals surface area contributed by atoms with Crippen LogP contribution in [0.25, 0.3) is 0 Å². The first-order valence-corrected chi connectivity index (χ1v) is 7.57. The highest BCUT2D eigenvalue weighted by Crippen LogP contribution is 2.36. The number of aryl methyl sites for hydroxylation is 2. The first kappa shape index (κ1) is 20.1. The summed E-state index contributed by atoms with van der Waals surface area (Å²) in [4.78, 5) is 0. The fourth-order valence-corrected chi connectivity index (χ4v) is 2.60. The van der Waals surface area contributed by atoms with Crippen molar-refractivity contribution in [3.8, 4) is 0 Å². The molecule has 2 atom stereocenters. The van der Waals surface area contributed by atoms with Gasteiger partial charge in [-0.05, 0) is 43.5 Å². The molecule has 21 heavy (non-hydrogen) atoms. The van der Waals surface area contributed by atoms with Gasteiger partial charge in [0.1, 0.15) is 12.9 Å². The predicted octanol–water partition coefficient (Wildman–Crippen LogP) is 3.22. The van der Waals surface area contributed by atoms with Crippen molar-refractivity contribution in [3.05, 3.63) is 34.9 Å². The Morgan fingerprint density at radius 3 is 2.43 bits per heavy atom. The molecule has 2 rings (SSSR count). The zero-order valence-electron chi connectivity index (χ0n) is 14.3. The summed E-state index contributed by atoms with van der Waals surface area (Å²) in [6.45, 7) is 6.45. The van der Waals surface area contributed by atoms with Crippen LogP contribution in [0.2, 0.25) is 0 Å². The molecule has 1 aromatic carbocycles. The van der Waals surface area contributed by atoms with E-state index in [4.69, 9.17) is 14.2 Å². The first-order valence-electron chi connectivity index (χ1n) is 7.57. The molecule has 0 spiro atoms. The minimum absolute atomic E-state index is 0.0232. The fourth-order valence-electron chi connectivity index (χ4n) is 2.60. The van der Waals surface area contributed by atoms with E-state index >= 15 is 0 Å². The molecule has 0 radical (unpaired) electrons. The van der Waals surface area contributed by atoms with Crippen LogP contribution in [0.3, 0.4) is 0 Å². The average molecular weight is 297 g/mol. The maximum atomic E-state index is 5.70.